The van der Waals surface area contributed by atoms with Crippen molar-refractivity contribution in [2.75, 3.05) is 0 Å². The molecule has 2 unspecified atom stereocenters. The standard InChI is InChI=1S/C16H18BrNO/c1-11-6-8-15(9-7-11)19-16(12(2)18)13-4-3-5-14(17)10-13/h3-10,12,16H,18H2,1-2H3. The topological polar surface area (TPSA) is 35.2 Å². The Balaban J connectivity index is 2.23. The van der Waals surface area contributed by atoms with Crippen molar-refractivity contribution < 1.29 is 4.74 Å². The van der Waals surface area contributed by atoms with Gasteiger partial charge in [-0.05, 0) is 43.7 Å². The number of aryl methyl sites for hydroxylation is 1. The molecule has 0 fully saturated rings. The highest BCUT2D eigenvalue weighted by molar-refractivity contribution is 9.10. The summed E-state index contributed by atoms with van der Waals surface area (Å²) in [4.78, 5) is 0. The third kappa shape index (κ3) is 3.82. The van der Waals surface area contributed by atoms with Crippen molar-refractivity contribution >= 4 is 15.9 Å². The molecule has 0 aliphatic heterocycles. The summed E-state index contributed by atoms with van der Waals surface area (Å²) in [5.41, 5.74) is 8.35. The lowest BCUT2D eigenvalue weighted by atomic mass is 10.0. The smallest absolute Gasteiger partial charge is 0.138 e. The zero-order chi connectivity index (χ0) is 13.8. The van der Waals surface area contributed by atoms with E-state index in [9.17, 15) is 0 Å². The molecule has 0 saturated heterocycles. The van der Waals surface area contributed by atoms with Gasteiger partial charge in [0.1, 0.15) is 11.9 Å². The van der Waals surface area contributed by atoms with Gasteiger partial charge in [-0.3, -0.25) is 0 Å². The fraction of sp³-hybridized carbons (Fsp3) is 0.250. The van der Waals surface area contributed by atoms with Crippen molar-refractivity contribution in [2.24, 2.45) is 5.73 Å². The van der Waals surface area contributed by atoms with Gasteiger partial charge in [-0.15, -0.1) is 0 Å². The average molecular weight is 320 g/mol. The summed E-state index contributed by atoms with van der Waals surface area (Å²) in [6.45, 7) is 4.01. The molecule has 0 aliphatic rings. The van der Waals surface area contributed by atoms with E-state index >= 15 is 0 Å². The van der Waals surface area contributed by atoms with Crippen LogP contribution >= 0.6 is 15.9 Å². The summed E-state index contributed by atoms with van der Waals surface area (Å²) in [5.74, 6) is 0.841. The minimum atomic E-state index is -0.153. The molecule has 0 spiro atoms. The van der Waals surface area contributed by atoms with E-state index in [-0.39, 0.29) is 12.1 Å². The summed E-state index contributed by atoms with van der Waals surface area (Å²) in [6, 6.07) is 16.0. The number of hydrogen-bond donors (Lipinski definition) is 1. The second-order valence-corrected chi connectivity index (χ2v) is 5.68. The molecule has 0 aromatic heterocycles. The lowest BCUT2D eigenvalue weighted by Gasteiger charge is -2.23. The Bertz CT molecular complexity index is 537. The number of ether oxygens (including phenoxy) is 1. The van der Waals surface area contributed by atoms with Crippen LogP contribution in [-0.2, 0) is 0 Å². The minimum Gasteiger partial charge on any atom is -0.484 e. The Morgan fingerprint density at radius 2 is 1.79 bits per heavy atom. The molecule has 0 heterocycles. The van der Waals surface area contributed by atoms with Crippen molar-refractivity contribution in [2.45, 2.75) is 26.0 Å². The van der Waals surface area contributed by atoms with Gasteiger partial charge in [0.25, 0.3) is 0 Å². The van der Waals surface area contributed by atoms with E-state index in [4.69, 9.17) is 10.5 Å². The molecule has 100 valence electrons. The summed E-state index contributed by atoms with van der Waals surface area (Å²) in [7, 11) is 0. The van der Waals surface area contributed by atoms with E-state index in [0.717, 1.165) is 15.8 Å². The van der Waals surface area contributed by atoms with Crippen LogP contribution in [0.25, 0.3) is 0 Å². The Labute approximate surface area is 122 Å². The normalized spacial score (nSPS) is 13.9. The third-order valence-corrected chi connectivity index (χ3v) is 3.43. The molecule has 2 N–H and O–H groups in total. The van der Waals surface area contributed by atoms with Crippen molar-refractivity contribution in [3.8, 4) is 5.75 Å². The molecule has 2 rings (SSSR count). The molecule has 3 heteroatoms. The van der Waals surface area contributed by atoms with Gasteiger partial charge in [-0.25, -0.2) is 0 Å². The van der Waals surface area contributed by atoms with Crippen LogP contribution in [0.15, 0.2) is 53.0 Å². The van der Waals surface area contributed by atoms with Crippen LogP contribution in [0.4, 0.5) is 0 Å². The molecule has 2 aromatic carbocycles. The fourth-order valence-corrected chi connectivity index (χ4v) is 2.34. The first-order chi connectivity index (χ1) is 9.06. The average Bonchev–Trinajstić information content (AvgIpc) is 2.37. The lowest BCUT2D eigenvalue weighted by molar-refractivity contribution is 0.180. The number of halogens is 1. The second kappa shape index (κ2) is 6.22. The lowest BCUT2D eigenvalue weighted by Crippen LogP contribution is -2.29. The Morgan fingerprint density at radius 1 is 1.11 bits per heavy atom. The molecule has 2 nitrogen and oxygen atoms in total. The number of nitrogens with two attached hydrogens (primary N) is 1. The Hall–Kier alpha value is -1.32. The first-order valence-electron chi connectivity index (χ1n) is 6.30. The maximum atomic E-state index is 6.06. The number of hydrogen-bond acceptors (Lipinski definition) is 2. The summed E-state index contributed by atoms with van der Waals surface area (Å²) >= 11 is 3.48. The first kappa shape index (κ1) is 14.1. The van der Waals surface area contributed by atoms with Crippen LogP contribution in [0, 0.1) is 6.92 Å². The van der Waals surface area contributed by atoms with Crippen LogP contribution in [0.2, 0.25) is 0 Å². The van der Waals surface area contributed by atoms with Crippen LogP contribution in [0.1, 0.15) is 24.2 Å². The van der Waals surface area contributed by atoms with Crippen molar-refractivity contribution in [3.63, 3.8) is 0 Å². The summed E-state index contributed by atoms with van der Waals surface area (Å²) in [5, 5.41) is 0. The van der Waals surface area contributed by atoms with E-state index in [1.54, 1.807) is 0 Å². The highest BCUT2D eigenvalue weighted by Gasteiger charge is 2.18. The van der Waals surface area contributed by atoms with Gasteiger partial charge in [0.15, 0.2) is 0 Å². The molecule has 0 bridgehead atoms. The van der Waals surface area contributed by atoms with Gasteiger partial charge in [-0.2, -0.15) is 0 Å². The zero-order valence-corrected chi connectivity index (χ0v) is 12.7. The molecule has 0 aliphatic carbocycles. The predicted molar refractivity (Wildman–Crippen MR) is 82.3 cm³/mol. The largest absolute Gasteiger partial charge is 0.484 e. The van der Waals surface area contributed by atoms with Crippen molar-refractivity contribution in [3.05, 3.63) is 64.1 Å². The van der Waals surface area contributed by atoms with E-state index in [2.05, 4.69) is 22.9 Å². The summed E-state index contributed by atoms with van der Waals surface area (Å²) in [6.07, 6.45) is -0.153. The Morgan fingerprint density at radius 3 is 2.37 bits per heavy atom. The van der Waals surface area contributed by atoms with E-state index in [1.165, 1.54) is 5.56 Å². The molecular weight excluding hydrogens is 302 g/mol. The Kier molecular flexibility index (Phi) is 4.61. The second-order valence-electron chi connectivity index (χ2n) is 4.77. The van der Waals surface area contributed by atoms with E-state index in [0.29, 0.717) is 0 Å². The van der Waals surface area contributed by atoms with E-state index in [1.807, 2.05) is 55.5 Å². The van der Waals surface area contributed by atoms with Crippen LogP contribution in [-0.4, -0.2) is 6.04 Å². The maximum Gasteiger partial charge on any atom is 0.138 e. The molecule has 0 amide bonds. The predicted octanol–water partition coefficient (Wildman–Crippen LogP) is 4.22. The van der Waals surface area contributed by atoms with Gasteiger partial charge in [-0.1, -0.05) is 45.8 Å². The van der Waals surface area contributed by atoms with Gasteiger partial charge in [0.05, 0.1) is 0 Å². The molecular formula is C16H18BrNO. The number of rotatable bonds is 4. The van der Waals surface area contributed by atoms with Crippen LogP contribution in [0.5, 0.6) is 5.75 Å². The molecule has 2 aromatic rings. The van der Waals surface area contributed by atoms with Crippen LogP contribution < -0.4 is 10.5 Å². The third-order valence-electron chi connectivity index (χ3n) is 2.94. The van der Waals surface area contributed by atoms with Gasteiger partial charge in [0.2, 0.25) is 0 Å². The SMILES string of the molecule is Cc1ccc(OC(c2cccc(Br)c2)C(C)N)cc1. The molecule has 19 heavy (non-hydrogen) atoms. The fourth-order valence-electron chi connectivity index (χ4n) is 1.93. The van der Waals surface area contributed by atoms with Gasteiger partial charge >= 0.3 is 0 Å². The summed E-state index contributed by atoms with van der Waals surface area (Å²) < 4.78 is 7.06. The zero-order valence-electron chi connectivity index (χ0n) is 11.1. The number of benzene rings is 2. The first-order valence-corrected chi connectivity index (χ1v) is 7.10. The highest BCUT2D eigenvalue weighted by Crippen LogP contribution is 2.26. The van der Waals surface area contributed by atoms with Gasteiger partial charge in [0, 0.05) is 10.5 Å². The maximum absolute atomic E-state index is 6.06. The van der Waals surface area contributed by atoms with Gasteiger partial charge < -0.3 is 10.5 Å². The minimum absolute atomic E-state index is 0.0874. The molecule has 0 saturated carbocycles. The quantitative estimate of drug-likeness (QED) is 0.915. The van der Waals surface area contributed by atoms with Crippen molar-refractivity contribution in [1.29, 1.82) is 0 Å². The molecule has 0 radical (unpaired) electrons. The highest BCUT2D eigenvalue weighted by atomic mass is 79.9. The van der Waals surface area contributed by atoms with E-state index < -0.39 is 0 Å². The monoisotopic (exact) mass is 319 g/mol. The van der Waals surface area contributed by atoms with Crippen LogP contribution in [0.3, 0.4) is 0 Å². The molecule has 2 atom stereocenters. The van der Waals surface area contributed by atoms with Crippen molar-refractivity contribution in [1.82, 2.24) is 0 Å².